The molecule has 0 spiro atoms. The molecule has 142 valence electrons. The number of rotatable bonds is 8. The minimum atomic E-state index is -0.831. The van der Waals surface area contributed by atoms with Crippen molar-refractivity contribution in [3.8, 4) is 0 Å². The summed E-state index contributed by atoms with van der Waals surface area (Å²) >= 11 is 0. The number of piperidine rings is 1. The molecule has 1 atom stereocenters. The second kappa shape index (κ2) is 8.27. The highest BCUT2D eigenvalue weighted by atomic mass is 16.3. The van der Waals surface area contributed by atoms with Gasteiger partial charge >= 0.3 is 0 Å². The lowest BCUT2D eigenvalue weighted by molar-refractivity contribution is -0.119. The van der Waals surface area contributed by atoms with Crippen LogP contribution >= 0.6 is 0 Å². The van der Waals surface area contributed by atoms with Gasteiger partial charge in [0.25, 0.3) is 0 Å². The number of amides is 1. The lowest BCUT2D eigenvalue weighted by Crippen LogP contribution is -2.39. The third-order valence-electron chi connectivity index (χ3n) is 4.84. The Balaban J connectivity index is 2.13. The molecule has 0 aliphatic carbocycles. The van der Waals surface area contributed by atoms with Crippen LogP contribution in [0.4, 0.5) is 0 Å². The topological polar surface area (TPSA) is 97.3 Å². The first-order valence-corrected chi connectivity index (χ1v) is 9.34. The Bertz CT molecular complexity index is 571. The lowest BCUT2D eigenvalue weighted by Gasteiger charge is -2.31. The van der Waals surface area contributed by atoms with Gasteiger partial charge in [-0.15, -0.1) is 0 Å². The highest BCUT2D eigenvalue weighted by molar-refractivity contribution is 5.75. The van der Waals surface area contributed by atoms with Gasteiger partial charge < -0.3 is 10.8 Å². The highest BCUT2D eigenvalue weighted by Crippen LogP contribution is 2.28. The zero-order valence-corrected chi connectivity index (χ0v) is 16.0. The average Bonchev–Trinajstić information content (AvgIpc) is 2.87. The summed E-state index contributed by atoms with van der Waals surface area (Å²) in [6.07, 6.45) is 3.82. The molecule has 1 fully saturated rings. The molecule has 1 aliphatic heterocycles. The Morgan fingerprint density at radius 2 is 2.04 bits per heavy atom. The number of primary amides is 1. The first-order chi connectivity index (χ1) is 11.7. The molecule has 25 heavy (non-hydrogen) atoms. The summed E-state index contributed by atoms with van der Waals surface area (Å²) in [6, 6.07) is 0. The zero-order valence-electron chi connectivity index (χ0n) is 16.0. The van der Waals surface area contributed by atoms with Gasteiger partial charge in [-0.05, 0) is 45.7 Å². The van der Waals surface area contributed by atoms with Crippen LogP contribution in [-0.2, 0) is 17.8 Å². The maximum Gasteiger partial charge on any atom is 0.231 e. The van der Waals surface area contributed by atoms with E-state index in [4.69, 9.17) is 10.7 Å². The molecule has 1 unspecified atom stereocenters. The number of carbonyl (C=O) groups excluding carboxylic acids is 1. The number of nitrogens with zero attached hydrogens (tertiary/aromatic N) is 4. The van der Waals surface area contributed by atoms with Gasteiger partial charge in [0.1, 0.15) is 5.82 Å². The van der Waals surface area contributed by atoms with Crippen LogP contribution in [0.2, 0.25) is 0 Å². The summed E-state index contributed by atoms with van der Waals surface area (Å²) in [6.45, 7) is 10.4. The zero-order chi connectivity index (χ0) is 18.6. The number of likely N-dealkylation sites (tertiary alicyclic amines) is 1. The Kier molecular flexibility index (Phi) is 6.57. The predicted octanol–water partition coefficient (Wildman–Crippen LogP) is 1.30. The van der Waals surface area contributed by atoms with Gasteiger partial charge in [-0.1, -0.05) is 20.3 Å². The lowest BCUT2D eigenvalue weighted by atomic mass is 9.95. The first kappa shape index (κ1) is 19.8. The number of carbonyl (C=O) groups is 1. The van der Waals surface area contributed by atoms with E-state index in [0.717, 1.165) is 50.4 Å². The largest absolute Gasteiger partial charge is 0.389 e. The highest BCUT2D eigenvalue weighted by Gasteiger charge is 2.28. The standard InChI is InChI=1S/C18H33N5O2/c1-5-13(2)10-16-20-17(23(21-16)12-18(3,4)25)14-6-8-22(9-7-14)11-15(19)24/h13-14,25H,5-12H2,1-4H3,(H2,19,24). The summed E-state index contributed by atoms with van der Waals surface area (Å²) < 4.78 is 1.89. The molecule has 3 N–H and O–H groups in total. The fraction of sp³-hybridized carbons (Fsp3) is 0.833. The van der Waals surface area contributed by atoms with Gasteiger partial charge in [-0.25, -0.2) is 9.67 Å². The van der Waals surface area contributed by atoms with Gasteiger partial charge in [0.15, 0.2) is 5.82 Å². The summed E-state index contributed by atoms with van der Waals surface area (Å²) in [4.78, 5) is 18.0. The Morgan fingerprint density at radius 1 is 1.40 bits per heavy atom. The molecule has 2 heterocycles. The SMILES string of the molecule is CCC(C)Cc1nc(C2CCN(CC(N)=O)CC2)n(CC(C)(C)O)n1. The van der Waals surface area contributed by atoms with E-state index in [9.17, 15) is 9.90 Å². The number of aliphatic hydroxyl groups is 1. The van der Waals surface area contributed by atoms with E-state index < -0.39 is 5.60 Å². The summed E-state index contributed by atoms with van der Waals surface area (Å²) in [5.74, 6) is 2.42. The van der Waals surface area contributed by atoms with E-state index in [2.05, 4.69) is 23.8 Å². The summed E-state index contributed by atoms with van der Waals surface area (Å²) in [5.41, 5.74) is 4.46. The molecule has 1 aromatic rings. The van der Waals surface area contributed by atoms with Crippen LogP contribution in [0.3, 0.4) is 0 Å². The van der Waals surface area contributed by atoms with E-state index in [1.807, 2.05) is 4.68 Å². The molecule has 0 bridgehead atoms. The quantitative estimate of drug-likeness (QED) is 0.736. The van der Waals surface area contributed by atoms with Crippen LogP contribution in [0.15, 0.2) is 0 Å². The predicted molar refractivity (Wildman–Crippen MR) is 97.1 cm³/mol. The van der Waals surface area contributed by atoms with E-state index in [1.54, 1.807) is 13.8 Å². The van der Waals surface area contributed by atoms with Crippen molar-refractivity contribution < 1.29 is 9.90 Å². The van der Waals surface area contributed by atoms with E-state index >= 15 is 0 Å². The maximum absolute atomic E-state index is 11.1. The van der Waals surface area contributed by atoms with Crippen molar-refractivity contribution in [1.29, 1.82) is 0 Å². The van der Waals surface area contributed by atoms with Crippen molar-refractivity contribution in [2.45, 2.75) is 71.4 Å². The van der Waals surface area contributed by atoms with Crippen LogP contribution in [0.25, 0.3) is 0 Å². The molecule has 0 aromatic carbocycles. The van der Waals surface area contributed by atoms with Gasteiger partial charge in [0.2, 0.25) is 5.91 Å². The van der Waals surface area contributed by atoms with Crippen LogP contribution < -0.4 is 5.73 Å². The number of aromatic nitrogens is 3. The van der Waals surface area contributed by atoms with Crippen LogP contribution in [-0.4, -0.2) is 55.9 Å². The molecule has 7 nitrogen and oxygen atoms in total. The Labute approximate surface area is 150 Å². The number of hydrogen-bond acceptors (Lipinski definition) is 5. The molecule has 1 aliphatic rings. The van der Waals surface area contributed by atoms with Gasteiger partial charge in [-0.2, -0.15) is 5.10 Å². The van der Waals surface area contributed by atoms with Crippen LogP contribution in [0.5, 0.6) is 0 Å². The van der Waals surface area contributed by atoms with Gasteiger partial charge in [0.05, 0.1) is 18.7 Å². The average molecular weight is 351 g/mol. The normalized spacial score (nSPS) is 18.4. The molecular weight excluding hydrogens is 318 g/mol. The fourth-order valence-electron chi connectivity index (χ4n) is 3.30. The Morgan fingerprint density at radius 3 is 2.56 bits per heavy atom. The minimum absolute atomic E-state index is 0.278. The molecule has 0 radical (unpaired) electrons. The molecule has 1 aromatic heterocycles. The first-order valence-electron chi connectivity index (χ1n) is 9.34. The van der Waals surface area contributed by atoms with Crippen molar-refractivity contribution in [2.24, 2.45) is 11.7 Å². The molecular formula is C18H33N5O2. The number of nitrogens with two attached hydrogens (primary N) is 1. The van der Waals surface area contributed by atoms with E-state index in [0.29, 0.717) is 24.9 Å². The number of hydrogen-bond donors (Lipinski definition) is 2. The summed E-state index contributed by atoms with van der Waals surface area (Å²) in [5, 5.41) is 14.9. The second-order valence-corrected chi connectivity index (χ2v) is 8.09. The van der Waals surface area contributed by atoms with E-state index in [-0.39, 0.29) is 5.91 Å². The molecule has 1 amide bonds. The van der Waals surface area contributed by atoms with Crippen molar-refractivity contribution in [3.63, 3.8) is 0 Å². The monoisotopic (exact) mass is 351 g/mol. The van der Waals surface area contributed by atoms with Crippen molar-refractivity contribution in [2.75, 3.05) is 19.6 Å². The fourth-order valence-corrected chi connectivity index (χ4v) is 3.30. The molecule has 0 saturated carbocycles. The van der Waals surface area contributed by atoms with Gasteiger partial charge in [0, 0.05) is 12.3 Å². The van der Waals surface area contributed by atoms with Crippen molar-refractivity contribution in [1.82, 2.24) is 19.7 Å². The Hall–Kier alpha value is -1.47. The maximum atomic E-state index is 11.1. The van der Waals surface area contributed by atoms with Crippen LogP contribution in [0.1, 0.15) is 64.5 Å². The second-order valence-electron chi connectivity index (χ2n) is 8.09. The van der Waals surface area contributed by atoms with Crippen LogP contribution in [0, 0.1) is 5.92 Å². The van der Waals surface area contributed by atoms with Crippen molar-refractivity contribution in [3.05, 3.63) is 11.6 Å². The van der Waals surface area contributed by atoms with Crippen molar-refractivity contribution >= 4 is 5.91 Å². The third-order valence-corrected chi connectivity index (χ3v) is 4.84. The third kappa shape index (κ3) is 6.08. The molecule has 7 heteroatoms. The molecule has 1 saturated heterocycles. The minimum Gasteiger partial charge on any atom is -0.389 e. The van der Waals surface area contributed by atoms with E-state index in [1.165, 1.54) is 0 Å². The summed E-state index contributed by atoms with van der Waals surface area (Å²) in [7, 11) is 0. The smallest absolute Gasteiger partial charge is 0.231 e. The molecule has 2 rings (SSSR count). The van der Waals surface area contributed by atoms with Gasteiger partial charge in [-0.3, -0.25) is 9.69 Å².